The Morgan fingerprint density at radius 1 is 1.30 bits per heavy atom. The van der Waals surface area contributed by atoms with Crippen molar-refractivity contribution in [2.45, 2.75) is 59.0 Å². The topological polar surface area (TPSA) is 58.6 Å². The lowest BCUT2D eigenvalue weighted by Crippen LogP contribution is -2.42. The number of hydrogen-bond donors (Lipinski definition) is 2. The number of thioether (sulfide) groups is 1. The first-order chi connectivity index (χ1) is 9.28. The molecular formula is C15H31NO3S. The number of aliphatic hydroxyl groups excluding tert-OH is 1. The smallest absolute Gasteiger partial charge is 0.407 e. The van der Waals surface area contributed by atoms with Crippen LogP contribution in [-0.2, 0) is 4.74 Å². The summed E-state index contributed by atoms with van der Waals surface area (Å²) in [5, 5.41) is 12.6. The van der Waals surface area contributed by atoms with Gasteiger partial charge in [0, 0.05) is 12.0 Å². The Hall–Kier alpha value is -0.420. The minimum absolute atomic E-state index is 0.102. The van der Waals surface area contributed by atoms with E-state index in [1.54, 1.807) is 0 Å². The molecule has 1 unspecified atom stereocenters. The lowest BCUT2D eigenvalue weighted by molar-refractivity contribution is 0.0444. The molecule has 0 heterocycles. The zero-order valence-corrected chi connectivity index (χ0v) is 14.4. The Labute approximate surface area is 128 Å². The van der Waals surface area contributed by atoms with Crippen LogP contribution in [0.25, 0.3) is 0 Å². The third-order valence-electron chi connectivity index (χ3n) is 3.18. The number of carbonyl (C=O) groups is 1. The van der Waals surface area contributed by atoms with Gasteiger partial charge < -0.3 is 15.2 Å². The molecule has 0 aromatic heterocycles. The van der Waals surface area contributed by atoms with E-state index in [2.05, 4.69) is 18.5 Å². The van der Waals surface area contributed by atoms with Crippen LogP contribution in [-0.4, -0.2) is 42.0 Å². The average Bonchev–Trinajstić information content (AvgIpc) is 2.34. The van der Waals surface area contributed by atoms with Crippen LogP contribution >= 0.6 is 11.8 Å². The molecule has 5 heteroatoms. The van der Waals surface area contributed by atoms with Crippen LogP contribution in [0, 0.1) is 5.41 Å². The van der Waals surface area contributed by atoms with Gasteiger partial charge in [0.05, 0.1) is 6.61 Å². The second kappa shape index (κ2) is 9.50. The van der Waals surface area contributed by atoms with Crippen molar-refractivity contribution in [1.29, 1.82) is 0 Å². The molecular weight excluding hydrogens is 274 g/mol. The van der Waals surface area contributed by atoms with Crippen molar-refractivity contribution in [1.82, 2.24) is 5.32 Å². The van der Waals surface area contributed by atoms with E-state index in [-0.39, 0.29) is 12.0 Å². The maximum Gasteiger partial charge on any atom is 0.407 e. The Balaban J connectivity index is 4.44. The molecule has 0 aliphatic rings. The number of rotatable bonds is 9. The minimum Gasteiger partial charge on any atom is -0.444 e. The summed E-state index contributed by atoms with van der Waals surface area (Å²) in [6, 6.07) is 0. The molecule has 0 saturated heterocycles. The van der Waals surface area contributed by atoms with Crippen LogP contribution in [0.5, 0.6) is 0 Å². The fraction of sp³-hybridized carbons (Fsp3) is 0.933. The van der Waals surface area contributed by atoms with Crippen molar-refractivity contribution < 1.29 is 14.6 Å². The zero-order chi connectivity index (χ0) is 15.6. The Morgan fingerprint density at radius 2 is 1.95 bits per heavy atom. The van der Waals surface area contributed by atoms with E-state index in [1.807, 2.05) is 32.5 Å². The van der Waals surface area contributed by atoms with E-state index in [0.717, 1.165) is 31.4 Å². The van der Waals surface area contributed by atoms with Crippen molar-refractivity contribution in [3.05, 3.63) is 0 Å². The number of amides is 1. The molecule has 120 valence electrons. The highest BCUT2D eigenvalue weighted by atomic mass is 32.2. The van der Waals surface area contributed by atoms with Gasteiger partial charge in [-0.3, -0.25) is 0 Å². The molecule has 0 aromatic rings. The molecule has 1 amide bonds. The summed E-state index contributed by atoms with van der Waals surface area (Å²) in [7, 11) is 0. The summed E-state index contributed by atoms with van der Waals surface area (Å²) >= 11 is 1.81. The van der Waals surface area contributed by atoms with Crippen LogP contribution < -0.4 is 5.32 Å². The normalized spacial score (nSPS) is 14.7. The van der Waals surface area contributed by atoms with Crippen LogP contribution in [0.15, 0.2) is 0 Å². The summed E-state index contributed by atoms with van der Waals surface area (Å²) in [6.07, 6.45) is 5.56. The summed E-state index contributed by atoms with van der Waals surface area (Å²) in [5.41, 5.74) is -0.711. The predicted molar refractivity (Wildman–Crippen MR) is 86.3 cm³/mol. The second-order valence-electron chi connectivity index (χ2n) is 6.36. The molecule has 0 aliphatic carbocycles. The number of hydrogen-bond acceptors (Lipinski definition) is 4. The van der Waals surface area contributed by atoms with Gasteiger partial charge in [0.2, 0.25) is 0 Å². The van der Waals surface area contributed by atoms with Crippen molar-refractivity contribution in [2.75, 3.05) is 25.2 Å². The van der Waals surface area contributed by atoms with Gasteiger partial charge in [0.1, 0.15) is 5.60 Å². The van der Waals surface area contributed by atoms with Gasteiger partial charge in [-0.25, -0.2) is 4.79 Å². The summed E-state index contributed by atoms with van der Waals surface area (Å²) in [6.45, 7) is 8.21. The monoisotopic (exact) mass is 305 g/mol. The molecule has 20 heavy (non-hydrogen) atoms. The number of aliphatic hydroxyl groups is 1. The van der Waals surface area contributed by atoms with Crippen molar-refractivity contribution in [2.24, 2.45) is 5.41 Å². The largest absolute Gasteiger partial charge is 0.444 e. The van der Waals surface area contributed by atoms with Gasteiger partial charge in [-0.05, 0) is 52.0 Å². The van der Waals surface area contributed by atoms with Gasteiger partial charge >= 0.3 is 6.09 Å². The molecule has 2 N–H and O–H groups in total. The first kappa shape index (κ1) is 19.6. The molecule has 1 atom stereocenters. The molecule has 0 aromatic carbocycles. The van der Waals surface area contributed by atoms with Gasteiger partial charge in [-0.1, -0.05) is 13.3 Å². The first-order valence-electron chi connectivity index (χ1n) is 7.35. The Bertz CT molecular complexity index is 279. The van der Waals surface area contributed by atoms with Gasteiger partial charge in [0.25, 0.3) is 0 Å². The second-order valence-corrected chi connectivity index (χ2v) is 7.35. The van der Waals surface area contributed by atoms with E-state index in [9.17, 15) is 9.90 Å². The minimum atomic E-state index is -0.491. The lowest BCUT2D eigenvalue weighted by Gasteiger charge is -2.32. The summed E-state index contributed by atoms with van der Waals surface area (Å²) in [5.74, 6) is 1.08. The number of carbonyl (C=O) groups excluding carboxylic acids is 1. The van der Waals surface area contributed by atoms with Crippen LogP contribution in [0.1, 0.15) is 53.4 Å². The van der Waals surface area contributed by atoms with Gasteiger partial charge in [-0.15, -0.1) is 0 Å². The van der Waals surface area contributed by atoms with Crippen LogP contribution in [0.2, 0.25) is 0 Å². The van der Waals surface area contributed by atoms with E-state index in [1.165, 1.54) is 0 Å². The number of ether oxygens (including phenoxy) is 1. The average molecular weight is 305 g/mol. The van der Waals surface area contributed by atoms with E-state index in [0.29, 0.717) is 6.54 Å². The highest BCUT2D eigenvalue weighted by Crippen LogP contribution is 2.29. The molecule has 0 saturated carbocycles. The van der Waals surface area contributed by atoms with E-state index in [4.69, 9.17) is 4.74 Å². The zero-order valence-electron chi connectivity index (χ0n) is 13.6. The quantitative estimate of drug-likeness (QED) is 0.641. The molecule has 0 fully saturated rings. The maximum absolute atomic E-state index is 11.7. The summed E-state index contributed by atoms with van der Waals surface area (Å²) in [4.78, 5) is 11.7. The molecule has 0 aliphatic heterocycles. The summed E-state index contributed by atoms with van der Waals surface area (Å²) < 4.78 is 5.25. The molecule has 0 spiro atoms. The predicted octanol–water partition coefficient (Wildman–Crippen LogP) is 3.43. The van der Waals surface area contributed by atoms with E-state index >= 15 is 0 Å². The standard InChI is InChI=1S/C15H31NO3S/c1-6-8-15(12-17,9-7-10-20-5)11-16-13(18)19-14(2,3)4/h17H,6-12H2,1-5H3,(H,16,18). The highest BCUT2D eigenvalue weighted by Gasteiger charge is 2.29. The van der Waals surface area contributed by atoms with Crippen molar-refractivity contribution >= 4 is 17.9 Å². The Morgan fingerprint density at radius 3 is 2.40 bits per heavy atom. The maximum atomic E-state index is 11.7. The van der Waals surface area contributed by atoms with Crippen molar-refractivity contribution in [3.63, 3.8) is 0 Å². The van der Waals surface area contributed by atoms with Crippen molar-refractivity contribution in [3.8, 4) is 0 Å². The van der Waals surface area contributed by atoms with Crippen LogP contribution in [0.4, 0.5) is 4.79 Å². The highest BCUT2D eigenvalue weighted by molar-refractivity contribution is 7.98. The molecule has 0 bridgehead atoms. The Kier molecular flexibility index (Phi) is 9.30. The SMILES string of the molecule is CCCC(CO)(CCCSC)CNC(=O)OC(C)(C)C. The fourth-order valence-electron chi connectivity index (χ4n) is 2.21. The third kappa shape index (κ3) is 8.69. The molecule has 0 rings (SSSR count). The first-order valence-corrected chi connectivity index (χ1v) is 8.74. The van der Waals surface area contributed by atoms with Gasteiger partial charge in [-0.2, -0.15) is 11.8 Å². The number of alkyl carbamates (subject to hydrolysis) is 1. The van der Waals surface area contributed by atoms with E-state index < -0.39 is 11.7 Å². The number of nitrogens with one attached hydrogen (secondary N) is 1. The molecule has 4 nitrogen and oxygen atoms in total. The molecule has 0 radical (unpaired) electrons. The lowest BCUT2D eigenvalue weighted by atomic mass is 9.80. The fourth-order valence-corrected chi connectivity index (χ4v) is 2.64. The van der Waals surface area contributed by atoms with Crippen LogP contribution in [0.3, 0.4) is 0 Å². The van der Waals surface area contributed by atoms with Gasteiger partial charge in [0.15, 0.2) is 0 Å². The third-order valence-corrected chi connectivity index (χ3v) is 3.87.